The molecule has 4 aromatic carbocycles. The van der Waals surface area contributed by atoms with E-state index in [0.29, 0.717) is 37.4 Å². The van der Waals surface area contributed by atoms with Gasteiger partial charge in [0.25, 0.3) is 17.4 Å². The van der Waals surface area contributed by atoms with Crippen molar-refractivity contribution in [2.75, 3.05) is 53.8 Å². The average molecular weight is 864 g/mol. The average Bonchev–Trinajstić information content (AvgIpc) is 3.82. The zero-order valence-electron chi connectivity index (χ0n) is 32.6. The van der Waals surface area contributed by atoms with Crippen molar-refractivity contribution in [3.05, 3.63) is 112 Å². The lowest BCUT2D eigenvalue weighted by molar-refractivity contribution is -0.136. The van der Waals surface area contributed by atoms with Crippen LogP contribution >= 0.6 is 0 Å². The molecule has 1 unspecified atom stereocenters. The van der Waals surface area contributed by atoms with Crippen LogP contribution in [-0.2, 0) is 19.8 Å². The molecule has 20 heteroatoms. The van der Waals surface area contributed by atoms with E-state index in [1.165, 1.54) is 29.1 Å². The normalized spacial score (nSPS) is 19.5. The number of rotatable bonds is 9. The fourth-order valence-corrected chi connectivity index (χ4v) is 9.41. The van der Waals surface area contributed by atoms with Crippen LogP contribution in [0.25, 0.3) is 16.6 Å². The highest BCUT2D eigenvalue weighted by Gasteiger charge is 2.45. The number of amides is 4. The molecule has 2 atom stereocenters. The Hall–Kier alpha value is -7.24. The summed E-state index contributed by atoms with van der Waals surface area (Å²) in [6.45, 7) is 2.02. The Morgan fingerprint density at radius 2 is 1.52 bits per heavy atom. The van der Waals surface area contributed by atoms with Crippen LogP contribution in [0.1, 0.15) is 45.5 Å². The van der Waals surface area contributed by atoms with Gasteiger partial charge in [0.1, 0.15) is 35.9 Å². The molecular weight excluding hydrogens is 829 g/mol. The molecule has 0 bridgehead atoms. The maximum Gasteiger partial charge on any atom is 0.301 e. The molecule has 0 radical (unpaired) electrons. The third-order valence-corrected chi connectivity index (χ3v) is 12.9. The first-order chi connectivity index (χ1) is 29.8. The molecule has 17 nitrogen and oxygen atoms in total. The van der Waals surface area contributed by atoms with Crippen molar-refractivity contribution >= 4 is 61.8 Å². The second-order valence-electron chi connectivity index (χ2n) is 15.1. The van der Waals surface area contributed by atoms with Gasteiger partial charge in [-0.25, -0.2) is 13.8 Å². The number of alkyl halides is 1. The number of carbonyl (C=O) groups is 4. The van der Waals surface area contributed by atoms with Crippen LogP contribution in [0, 0.1) is 17.1 Å². The number of piperazine rings is 1. The van der Waals surface area contributed by atoms with E-state index >= 15 is 4.39 Å². The molecule has 0 aliphatic carbocycles. The van der Waals surface area contributed by atoms with E-state index in [4.69, 9.17) is 4.74 Å². The fourth-order valence-electron chi connectivity index (χ4n) is 8.13. The van der Waals surface area contributed by atoms with Crippen molar-refractivity contribution in [2.45, 2.75) is 31.5 Å². The number of hydrogen-bond acceptors (Lipinski definition) is 12. The summed E-state index contributed by atoms with van der Waals surface area (Å²) in [6, 6.07) is 19.3. The molecule has 3 fully saturated rings. The zero-order valence-corrected chi connectivity index (χ0v) is 33.4. The Labute approximate surface area is 351 Å². The van der Waals surface area contributed by atoms with Gasteiger partial charge in [-0.3, -0.25) is 43.5 Å². The minimum atomic E-state index is -4.26. The number of piperidine rings is 1. The monoisotopic (exact) mass is 863 g/mol. The topological polar surface area (TPSA) is 207 Å². The molecule has 5 heterocycles. The molecule has 4 amide bonds. The first-order valence-corrected chi connectivity index (χ1v) is 21.0. The number of ether oxygens (including phenoxy) is 1. The summed E-state index contributed by atoms with van der Waals surface area (Å²) >= 11 is 0. The number of nitrogens with one attached hydrogen (secondary N) is 2. The third-order valence-electron chi connectivity index (χ3n) is 11.4. The van der Waals surface area contributed by atoms with Gasteiger partial charge in [0.05, 0.1) is 33.4 Å². The minimum absolute atomic E-state index is 0.0203. The van der Waals surface area contributed by atoms with E-state index < -0.39 is 68.7 Å². The molecule has 4 aliphatic rings. The van der Waals surface area contributed by atoms with E-state index in [2.05, 4.69) is 24.8 Å². The van der Waals surface area contributed by atoms with Crippen LogP contribution in [0.5, 0.6) is 11.5 Å². The molecule has 4 aliphatic heterocycles. The Kier molecular flexibility index (Phi) is 10.1. The molecule has 316 valence electrons. The number of imide groups is 2. The minimum Gasteiger partial charge on any atom is -0.453 e. The number of benzene rings is 4. The SMILES string of the molecule is N#Cc1c(NS(=O)(=O)N2CC[C@@H](F)C2)ccc(F)c1Oc1ccc2ncn(-c3ccc(N4CCN(c5ccc6c(c5)C(=O)N(C5CCC(=O)NC5=O)C6=O)CC4)cc3)c(=O)c2c1. The molecule has 5 aromatic rings. The summed E-state index contributed by atoms with van der Waals surface area (Å²) in [5, 5.41) is 12.3. The quantitative estimate of drug-likeness (QED) is 0.204. The van der Waals surface area contributed by atoms with Crippen LogP contribution in [0.3, 0.4) is 0 Å². The summed E-state index contributed by atoms with van der Waals surface area (Å²) < 4.78 is 64.9. The van der Waals surface area contributed by atoms with Crippen molar-refractivity contribution in [3.63, 3.8) is 0 Å². The van der Waals surface area contributed by atoms with Crippen molar-refractivity contribution in [2.24, 2.45) is 0 Å². The van der Waals surface area contributed by atoms with Gasteiger partial charge < -0.3 is 14.5 Å². The van der Waals surface area contributed by atoms with E-state index in [9.17, 15) is 42.0 Å². The zero-order chi connectivity index (χ0) is 43.4. The van der Waals surface area contributed by atoms with Crippen LogP contribution in [0.15, 0.2) is 83.9 Å². The summed E-state index contributed by atoms with van der Waals surface area (Å²) in [5.74, 6) is -3.79. The highest BCUT2D eigenvalue weighted by molar-refractivity contribution is 7.90. The second kappa shape index (κ2) is 15.7. The molecular formula is C42H35F2N9O8S. The predicted octanol–water partition coefficient (Wildman–Crippen LogP) is 3.62. The summed E-state index contributed by atoms with van der Waals surface area (Å²) in [6.07, 6.45) is 0.200. The van der Waals surface area contributed by atoms with Crippen LogP contribution in [-0.4, -0.2) is 102 Å². The fraction of sp³-hybridized carbons (Fsp3) is 0.262. The van der Waals surface area contributed by atoms with Gasteiger partial charge in [0.15, 0.2) is 11.6 Å². The van der Waals surface area contributed by atoms with Gasteiger partial charge in [-0.2, -0.15) is 18.0 Å². The van der Waals surface area contributed by atoms with E-state index in [1.807, 2.05) is 12.1 Å². The van der Waals surface area contributed by atoms with Crippen molar-refractivity contribution in [1.82, 2.24) is 24.1 Å². The van der Waals surface area contributed by atoms with Gasteiger partial charge in [-0.15, -0.1) is 0 Å². The maximum atomic E-state index is 15.1. The third kappa shape index (κ3) is 7.24. The molecule has 1 aromatic heterocycles. The highest BCUT2D eigenvalue weighted by Crippen LogP contribution is 2.35. The molecule has 62 heavy (non-hydrogen) atoms. The Bertz CT molecular complexity index is 2930. The number of nitrogens with zero attached hydrogens (tertiary/aromatic N) is 7. The molecule has 9 rings (SSSR count). The molecule has 0 spiro atoms. The van der Waals surface area contributed by atoms with E-state index in [1.54, 1.807) is 36.4 Å². The number of nitriles is 1. The predicted molar refractivity (Wildman–Crippen MR) is 220 cm³/mol. The first-order valence-electron chi connectivity index (χ1n) is 19.6. The van der Waals surface area contributed by atoms with Gasteiger partial charge in [0.2, 0.25) is 11.8 Å². The lowest BCUT2D eigenvalue weighted by Gasteiger charge is -2.37. The smallest absolute Gasteiger partial charge is 0.301 e. The highest BCUT2D eigenvalue weighted by atomic mass is 32.2. The van der Waals surface area contributed by atoms with E-state index in [-0.39, 0.29) is 60.3 Å². The van der Waals surface area contributed by atoms with Gasteiger partial charge >= 0.3 is 10.2 Å². The Balaban J connectivity index is 0.878. The molecule has 3 saturated heterocycles. The Morgan fingerprint density at radius 1 is 0.823 bits per heavy atom. The number of anilines is 3. The number of hydrogen-bond donors (Lipinski definition) is 2. The van der Waals surface area contributed by atoms with E-state index in [0.717, 1.165) is 32.7 Å². The van der Waals surface area contributed by atoms with Crippen LogP contribution in [0.2, 0.25) is 0 Å². The standard InChI is InChI=1S/C42H35F2N9O8S/c43-24-13-14-51(22-24)62(59,60)48-35-10-8-33(44)38(32(35)21-45)61-28-6-9-34-31(20-28)40(56)52(23-46-34)26-3-1-25(2-4-26)49-15-17-50(18-16-49)27-5-7-29-30(19-27)42(58)53(41(29)57)36-11-12-37(54)47-39(36)55/h1-10,19-20,23-24,36,48H,11-18,22H2,(H,47,54,55)/t24-,36?/m1/s1. The summed E-state index contributed by atoms with van der Waals surface area (Å²) in [7, 11) is -4.26. The van der Waals surface area contributed by atoms with Gasteiger partial charge in [0, 0.05) is 57.1 Å². The van der Waals surface area contributed by atoms with Gasteiger partial charge in [-0.05, 0) is 85.6 Å². The summed E-state index contributed by atoms with van der Waals surface area (Å²) in [4.78, 5) is 74.0. The first kappa shape index (κ1) is 40.2. The molecule has 0 saturated carbocycles. The van der Waals surface area contributed by atoms with Crippen LogP contribution in [0.4, 0.5) is 25.8 Å². The van der Waals surface area contributed by atoms with Crippen LogP contribution < -0.4 is 30.1 Å². The van der Waals surface area contributed by atoms with Gasteiger partial charge in [-0.1, -0.05) is 0 Å². The van der Waals surface area contributed by atoms with Crippen molar-refractivity contribution in [3.8, 4) is 23.3 Å². The van der Waals surface area contributed by atoms with Crippen molar-refractivity contribution < 1.29 is 41.1 Å². The number of fused-ring (bicyclic) bond motifs is 2. The molecule has 2 N–H and O–H groups in total. The lowest BCUT2D eigenvalue weighted by atomic mass is 10.0. The lowest BCUT2D eigenvalue weighted by Crippen LogP contribution is -2.54. The summed E-state index contributed by atoms with van der Waals surface area (Å²) in [5.41, 5.74) is 1.73. The number of halogens is 2. The van der Waals surface area contributed by atoms with Crippen molar-refractivity contribution in [1.29, 1.82) is 5.26 Å². The maximum absolute atomic E-state index is 15.1. The second-order valence-corrected chi connectivity index (χ2v) is 16.8. The number of aromatic nitrogens is 2. The largest absolute Gasteiger partial charge is 0.453 e. The Morgan fingerprint density at radius 3 is 2.21 bits per heavy atom. The number of carbonyl (C=O) groups excluding carboxylic acids is 4.